The summed E-state index contributed by atoms with van der Waals surface area (Å²) in [6.45, 7) is 0.774. The average molecular weight is 302 g/mol. The van der Waals surface area contributed by atoms with E-state index in [4.69, 9.17) is 22.1 Å². The van der Waals surface area contributed by atoms with Gasteiger partial charge in [-0.3, -0.25) is 0 Å². The van der Waals surface area contributed by atoms with Crippen molar-refractivity contribution in [2.45, 2.75) is 13.0 Å². The number of hydrogen-bond acceptors (Lipinski definition) is 3. The van der Waals surface area contributed by atoms with Crippen LogP contribution < -0.4 is 10.5 Å². The number of ether oxygens (including phenoxy) is 1. The van der Waals surface area contributed by atoms with E-state index in [1.165, 1.54) is 5.56 Å². The number of halogens is 1. The van der Waals surface area contributed by atoms with Crippen molar-refractivity contribution in [2.24, 2.45) is 0 Å². The van der Waals surface area contributed by atoms with Crippen molar-refractivity contribution in [1.82, 2.24) is 9.55 Å². The van der Waals surface area contributed by atoms with E-state index in [1.807, 2.05) is 47.0 Å². The highest BCUT2D eigenvalue weighted by atomic mass is 35.5. The van der Waals surface area contributed by atoms with Gasteiger partial charge in [0.15, 0.2) is 0 Å². The number of nitrogens with two attached hydrogens (primary N) is 1. The standard InChI is InChI=1S/C16H16ClN3O/c1-21-13-6-7-15-14(10-13)19-16(18)20(15)9-8-11-2-4-12(17)5-3-11/h2-7,10H,8-9H2,1H3,(H2,18,19). The first kappa shape index (κ1) is 13.8. The van der Waals surface area contributed by atoms with E-state index in [2.05, 4.69) is 4.98 Å². The molecule has 0 spiro atoms. The molecule has 2 aromatic carbocycles. The molecule has 0 bridgehead atoms. The molecule has 3 rings (SSSR count). The fraction of sp³-hybridized carbons (Fsp3) is 0.188. The summed E-state index contributed by atoms with van der Waals surface area (Å²) < 4.78 is 7.23. The van der Waals surface area contributed by atoms with Crippen molar-refractivity contribution in [2.75, 3.05) is 12.8 Å². The Morgan fingerprint density at radius 1 is 1.19 bits per heavy atom. The molecule has 1 aromatic heterocycles. The molecule has 0 saturated carbocycles. The van der Waals surface area contributed by atoms with E-state index in [-0.39, 0.29) is 0 Å². The second kappa shape index (κ2) is 5.66. The van der Waals surface area contributed by atoms with Crippen molar-refractivity contribution in [3.05, 3.63) is 53.1 Å². The molecule has 5 heteroatoms. The number of aromatic nitrogens is 2. The van der Waals surface area contributed by atoms with Gasteiger partial charge < -0.3 is 15.0 Å². The van der Waals surface area contributed by atoms with Gasteiger partial charge in [0.25, 0.3) is 0 Å². The zero-order chi connectivity index (χ0) is 14.8. The molecule has 108 valence electrons. The Morgan fingerprint density at radius 2 is 1.95 bits per heavy atom. The maximum absolute atomic E-state index is 6.02. The maximum atomic E-state index is 6.02. The molecular formula is C16H16ClN3O. The Labute approximate surface area is 128 Å². The number of imidazole rings is 1. The molecule has 0 fully saturated rings. The number of anilines is 1. The maximum Gasteiger partial charge on any atom is 0.201 e. The average Bonchev–Trinajstić information content (AvgIpc) is 2.81. The van der Waals surface area contributed by atoms with E-state index in [9.17, 15) is 0 Å². The monoisotopic (exact) mass is 301 g/mol. The van der Waals surface area contributed by atoms with Crippen molar-refractivity contribution in [3.63, 3.8) is 0 Å². The van der Waals surface area contributed by atoms with Crippen LogP contribution in [0.5, 0.6) is 5.75 Å². The summed E-state index contributed by atoms with van der Waals surface area (Å²) in [4.78, 5) is 4.39. The first-order valence-corrected chi connectivity index (χ1v) is 7.09. The smallest absolute Gasteiger partial charge is 0.201 e. The van der Waals surface area contributed by atoms with Gasteiger partial charge in [0.2, 0.25) is 5.95 Å². The van der Waals surface area contributed by atoms with Crippen molar-refractivity contribution in [3.8, 4) is 5.75 Å². The van der Waals surface area contributed by atoms with Crippen LogP contribution in [0.25, 0.3) is 11.0 Å². The Kier molecular flexibility index (Phi) is 3.71. The van der Waals surface area contributed by atoms with E-state index in [0.29, 0.717) is 5.95 Å². The normalized spacial score (nSPS) is 11.0. The van der Waals surface area contributed by atoms with Gasteiger partial charge in [-0.05, 0) is 36.2 Å². The Balaban J connectivity index is 1.86. The van der Waals surface area contributed by atoms with Crippen LogP contribution in [0.3, 0.4) is 0 Å². The molecule has 21 heavy (non-hydrogen) atoms. The highest BCUT2D eigenvalue weighted by Gasteiger charge is 2.09. The molecule has 0 radical (unpaired) electrons. The molecule has 1 heterocycles. The number of fused-ring (bicyclic) bond motifs is 1. The van der Waals surface area contributed by atoms with Crippen LogP contribution in [-0.4, -0.2) is 16.7 Å². The number of methoxy groups -OCH3 is 1. The van der Waals surface area contributed by atoms with E-state index < -0.39 is 0 Å². The second-order valence-corrected chi connectivity index (χ2v) is 5.29. The first-order chi connectivity index (χ1) is 10.2. The molecular weight excluding hydrogens is 286 g/mol. The predicted octanol–water partition coefficient (Wildman–Crippen LogP) is 3.52. The minimum absolute atomic E-state index is 0.521. The molecule has 4 nitrogen and oxygen atoms in total. The highest BCUT2D eigenvalue weighted by molar-refractivity contribution is 6.30. The lowest BCUT2D eigenvalue weighted by Crippen LogP contribution is -2.05. The molecule has 0 aliphatic rings. The van der Waals surface area contributed by atoms with Crippen LogP contribution in [0.2, 0.25) is 5.02 Å². The van der Waals surface area contributed by atoms with Crippen LogP contribution in [-0.2, 0) is 13.0 Å². The summed E-state index contributed by atoms with van der Waals surface area (Å²) >= 11 is 5.90. The van der Waals surface area contributed by atoms with E-state index in [0.717, 1.165) is 34.8 Å². The van der Waals surface area contributed by atoms with Gasteiger partial charge in [-0.1, -0.05) is 23.7 Å². The van der Waals surface area contributed by atoms with Gasteiger partial charge in [-0.2, -0.15) is 0 Å². The van der Waals surface area contributed by atoms with Crippen molar-refractivity contribution >= 4 is 28.6 Å². The molecule has 3 aromatic rings. The third-order valence-corrected chi connectivity index (χ3v) is 3.77. The predicted molar refractivity (Wildman–Crippen MR) is 85.9 cm³/mol. The summed E-state index contributed by atoms with van der Waals surface area (Å²) in [5.74, 6) is 1.30. The third kappa shape index (κ3) is 2.81. The van der Waals surface area contributed by atoms with Gasteiger partial charge in [0.05, 0.1) is 18.1 Å². The molecule has 0 aliphatic carbocycles. The number of nitrogens with zero attached hydrogens (tertiary/aromatic N) is 2. The minimum Gasteiger partial charge on any atom is -0.497 e. The van der Waals surface area contributed by atoms with E-state index >= 15 is 0 Å². The van der Waals surface area contributed by atoms with Gasteiger partial charge in [-0.25, -0.2) is 4.98 Å². The largest absolute Gasteiger partial charge is 0.497 e. The van der Waals surface area contributed by atoms with Crippen LogP contribution in [0.1, 0.15) is 5.56 Å². The van der Waals surface area contributed by atoms with Crippen LogP contribution in [0.4, 0.5) is 5.95 Å². The number of hydrogen-bond donors (Lipinski definition) is 1. The third-order valence-electron chi connectivity index (χ3n) is 3.52. The van der Waals surface area contributed by atoms with Crippen molar-refractivity contribution in [1.29, 1.82) is 0 Å². The Hall–Kier alpha value is -2.20. The van der Waals surface area contributed by atoms with Gasteiger partial charge in [0, 0.05) is 17.6 Å². The van der Waals surface area contributed by atoms with Gasteiger partial charge in [-0.15, -0.1) is 0 Å². The van der Waals surface area contributed by atoms with Crippen LogP contribution in [0, 0.1) is 0 Å². The molecule has 0 amide bonds. The minimum atomic E-state index is 0.521. The number of nitrogen functional groups attached to an aromatic ring is 1. The summed E-state index contributed by atoms with van der Waals surface area (Å²) in [6.07, 6.45) is 0.874. The molecule has 0 atom stereocenters. The summed E-state index contributed by atoms with van der Waals surface area (Å²) in [7, 11) is 1.64. The lowest BCUT2D eigenvalue weighted by molar-refractivity contribution is 0.415. The molecule has 0 aliphatic heterocycles. The molecule has 0 saturated heterocycles. The fourth-order valence-electron chi connectivity index (χ4n) is 2.38. The van der Waals surface area contributed by atoms with Gasteiger partial charge in [0.1, 0.15) is 5.75 Å². The molecule has 0 unspecified atom stereocenters. The zero-order valence-electron chi connectivity index (χ0n) is 11.7. The number of aryl methyl sites for hydroxylation is 2. The van der Waals surface area contributed by atoms with E-state index in [1.54, 1.807) is 7.11 Å². The highest BCUT2D eigenvalue weighted by Crippen LogP contribution is 2.23. The fourth-order valence-corrected chi connectivity index (χ4v) is 2.51. The topological polar surface area (TPSA) is 53.1 Å². The zero-order valence-corrected chi connectivity index (χ0v) is 12.5. The summed E-state index contributed by atoms with van der Waals surface area (Å²) in [5.41, 5.74) is 9.11. The SMILES string of the molecule is COc1ccc2c(c1)nc(N)n2CCc1ccc(Cl)cc1. The summed E-state index contributed by atoms with van der Waals surface area (Å²) in [5, 5.41) is 0.749. The Morgan fingerprint density at radius 3 is 2.67 bits per heavy atom. The molecule has 2 N–H and O–H groups in total. The lowest BCUT2D eigenvalue weighted by Gasteiger charge is -2.07. The number of benzene rings is 2. The van der Waals surface area contributed by atoms with Crippen LogP contribution >= 0.6 is 11.6 Å². The quantitative estimate of drug-likeness (QED) is 0.802. The van der Waals surface area contributed by atoms with Crippen molar-refractivity contribution < 1.29 is 4.74 Å². The number of rotatable bonds is 4. The Bertz CT molecular complexity index is 765. The first-order valence-electron chi connectivity index (χ1n) is 6.71. The van der Waals surface area contributed by atoms with Gasteiger partial charge >= 0.3 is 0 Å². The lowest BCUT2D eigenvalue weighted by atomic mass is 10.1. The summed E-state index contributed by atoms with van der Waals surface area (Å²) in [6, 6.07) is 13.7. The van der Waals surface area contributed by atoms with Crippen LogP contribution in [0.15, 0.2) is 42.5 Å². The second-order valence-electron chi connectivity index (χ2n) is 4.85.